The van der Waals surface area contributed by atoms with E-state index in [1.807, 2.05) is 30.3 Å². The average molecular weight is 450 g/mol. The van der Waals surface area contributed by atoms with Crippen molar-refractivity contribution in [1.29, 1.82) is 0 Å². The first-order valence-electron chi connectivity index (χ1n) is 10.9. The summed E-state index contributed by atoms with van der Waals surface area (Å²) in [6.45, 7) is 0.655. The molecule has 9 nitrogen and oxygen atoms in total. The average Bonchev–Trinajstić information content (AvgIpc) is 2.85. The summed E-state index contributed by atoms with van der Waals surface area (Å²) in [5, 5.41) is 5.98. The van der Waals surface area contributed by atoms with Crippen molar-refractivity contribution in [3.05, 3.63) is 65.7 Å². The molecule has 4 amide bonds. The van der Waals surface area contributed by atoms with E-state index in [2.05, 4.69) is 15.4 Å². The number of imide groups is 1. The van der Waals surface area contributed by atoms with Crippen LogP contribution in [0.3, 0.4) is 0 Å². The fourth-order valence-corrected chi connectivity index (χ4v) is 4.28. The second-order valence-electron chi connectivity index (χ2n) is 8.08. The Bertz CT molecular complexity index is 1040. The van der Waals surface area contributed by atoms with E-state index in [4.69, 9.17) is 0 Å². The van der Waals surface area contributed by atoms with Crippen molar-refractivity contribution in [3.63, 3.8) is 0 Å². The van der Waals surface area contributed by atoms with Crippen molar-refractivity contribution < 1.29 is 23.9 Å². The van der Waals surface area contributed by atoms with Crippen LogP contribution in [-0.2, 0) is 20.9 Å². The topological polar surface area (TPSA) is 108 Å². The molecule has 0 aromatic heterocycles. The maximum Gasteiger partial charge on any atom is 0.337 e. The molecule has 2 aromatic rings. The Hall–Kier alpha value is -3.72. The van der Waals surface area contributed by atoms with Gasteiger partial charge in [0.05, 0.1) is 25.3 Å². The van der Waals surface area contributed by atoms with Crippen LogP contribution >= 0.6 is 0 Å². The van der Waals surface area contributed by atoms with Gasteiger partial charge in [0.2, 0.25) is 11.8 Å². The molecule has 9 heteroatoms. The summed E-state index contributed by atoms with van der Waals surface area (Å²) in [4.78, 5) is 53.5. The first kappa shape index (κ1) is 22.5. The Balaban J connectivity index is 1.49. The monoisotopic (exact) mass is 450 g/mol. The number of hydrogen-bond donors (Lipinski definition) is 2. The van der Waals surface area contributed by atoms with Crippen molar-refractivity contribution in [2.24, 2.45) is 0 Å². The number of urea groups is 1. The van der Waals surface area contributed by atoms with Crippen LogP contribution in [0.1, 0.15) is 28.8 Å². The number of anilines is 1. The van der Waals surface area contributed by atoms with Gasteiger partial charge in [-0.2, -0.15) is 0 Å². The molecule has 0 aliphatic carbocycles. The summed E-state index contributed by atoms with van der Waals surface area (Å²) in [7, 11) is 1.30. The fraction of sp³-hybridized carbons (Fsp3) is 0.333. The van der Waals surface area contributed by atoms with Crippen LogP contribution in [-0.4, -0.2) is 65.9 Å². The summed E-state index contributed by atoms with van der Waals surface area (Å²) in [6.07, 6.45) is 1.46. The number of carbonyl (C=O) groups excluding carboxylic acids is 4. The molecule has 2 aromatic carbocycles. The Kier molecular flexibility index (Phi) is 6.69. The first-order valence-corrected chi connectivity index (χ1v) is 10.9. The standard InChI is InChI=1S/C24H26N4O5/c1-33-23(31)17-9-11-18(12-10-17)26-20(29)15-27-19-8-5-13-25-21(19)22(30)28(24(27)32)14-16-6-3-2-4-7-16/h2-4,6-7,9-12,19,21,25H,5,8,13-15H2,1H3,(H,26,29). The summed E-state index contributed by atoms with van der Waals surface area (Å²) >= 11 is 0. The van der Waals surface area contributed by atoms with Crippen LogP contribution in [0.2, 0.25) is 0 Å². The van der Waals surface area contributed by atoms with Crippen LogP contribution in [0.5, 0.6) is 0 Å². The summed E-state index contributed by atoms with van der Waals surface area (Å²) in [5.74, 6) is -1.11. The largest absolute Gasteiger partial charge is 0.465 e. The van der Waals surface area contributed by atoms with Crippen molar-refractivity contribution in [2.75, 3.05) is 25.5 Å². The lowest BCUT2D eigenvalue weighted by Crippen LogP contribution is -2.70. The molecule has 2 atom stereocenters. The van der Waals surface area contributed by atoms with Crippen LogP contribution in [0.15, 0.2) is 54.6 Å². The highest BCUT2D eigenvalue weighted by molar-refractivity contribution is 6.03. The molecule has 2 N–H and O–H groups in total. The van der Waals surface area contributed by atoms with Crippen molar-refractivity contribution in [3.8, 4) is 0 Å². The van der Waals surface area contributed by atoms with Crippen molar-refractivity contribution in [2.45, 2.75) is 31.5 Å². The molecule has 2 aliphatic heterocycles. The molecule has 2 aliphatic rings. The minimum absolute atomic E-state index is 0.149. The number of carbonyl (C=O) groups is 4. The SMILES string of the molecule is COC(=O)c1ccc(NC(=O)CN2C(=O)N(Cc3ccccc3)C(=O)C3NCCCC32)cc1. The van der Waals surface area contributed by atoms with E-state index in [1.54, 1.807) is 24.3 Å². The number of piperidine rings is 1. The molecule has 172 valence electrons. The molecule has 33 heavy (non-hydrogen) atoms. The Labute approximate surface area is 191 Å². The number of ether oxygens (including phenoxy) is 1. The van der Waals surface area contributed by atoms with Gasteiger partial charge in [-0.05, 0) is 49.2 Å². The molecule has 0 radical (unpaired) electrons. The quantitative estimate of drug-likeness (QED) is 0.652. The molecule has 0 saturated carbocycles. The van der Waals surface area contributed by atoms with Crippen LogP contribution in [0, 0.1) is 0 Å². The molecule has 2 fully saturated rings. The Morgan fingerprint density at radius 2 is 1.82 bits per heavy atom. The zero-order valence-corrected chi connectivity index (χ0v) is 18.3. The number of nitrogens with zero attached hydrogens (tertiary/aromatic N) is 2. The van der Waals surface area contributed by atoms with Gasteiger partial charge in [0, 0.05) is 5.69 Å². The molecule has 2 saturated heterocycles. The van der Waals surface area contributed by atoms with Gasteiger partial charge < -0.3 is 20.3 Å². The third kappa shape index (κ3) is 4.88. The Morgan fingerprint density at radius 3 is 2.52 bits per heavy atom. The van der Waals surface area contributed by atoms with E-state index in [0.717, 1.165) is 12.0 Å². The van der Waals surface area contributed by atoms with Gasteiger partial charge >= 0.3 is 12.0 Å². The normalized spacial score (nSPS) is 20.3. The van der Waals surface area contributed by atoms with Crippen LogP contribution in [0.25, 0.3) is 0 Å². The summed E-state index contributed by atoms with van der Waals surface area (Å²) in [6, 6.07) is 14.2. The predicted molar refractivity (Wildman–Crippen MR) is 120 cm³/mol. The van der Waals surface area contributed by atoms with Gasteiger partial charge in [0.25, 0.3) is 0 Å². The highest BCUT2D eigenvalue weighted by atomic mass is 16.5. The van der Waals surface area contributed by atoms with Crippen molar-refractivity contribution >= 4 is 29.5 Å². The zero-order chi connectivity index (χ0) is 23.4. The molecule has 2 unspecified atom stereocenters. The summed E-state index contributed by atoms with van der Waals surface area (Å²) < 4.78 is 4.67. The highest BCUT2D eigenvalue weighted by Gasteiger charge is 2.47. The fourth-order valence-electron chi connectivity index (χ4n) is 4.28. The number of rotatable bonds is 6. The predicted octanol–water partition coefficient (Wildman–Crippen LogP) is 2.00. The molecule has 0 bridgehead atoms. The van der Waals surface area contributed by atoms with E-state index in [0.29, 0.717) is 24.2 Å². The number of amides is 4. The number of esters is 1. The minimum atomic E-state index is -0.535. The molecule has 2 heterocycles. The third-order valence-corrected chi connectivity index (χ3v) is 5.92. The maximum absolute atomic E-state index is 13.3. The second kappa shape index (κ2) is 9.83. The number of fused-ring (bicyclic) bond motifs is 1. The van der Waals surface area contributed by atoms with E-state index < -0.39 is 18.0 Å². The molecule has 0 spiro atoms. The number of methoxy groups -OCH3 is 1. The van der Waals surface area contributed by atoms with E-state index >= 15 is 0 Å². The molecular weight excluding hydrogens is 424 g/mol. The van der Waals surface area contributed by atoms with Gasteiger partial charge in [-0.25, -0.2) is 9.59 Å². The van der Waals surface area contributed by atoms with E-state index in [-0.39, 0.29) is 30.9 Å². The van der Waals surface area contributed by atoms with Gasteiger partial charge in [-0.3, -0.25) is 14.5 Å². The second-order valence-corrected chi connectivity index (χ2v) is 8.08. The number of benzene rings is 2. The van der Waals surface area contributed by atoms with E-state index in [9.17, 15) is 19.2 Å². The lowest BCUT2D eigenvalue weighted by atomic mass is 9.93. The van der Waals surface area contributed by atoms with Gasteiger partial charge in [0.15, 0.2) is 0 Å². The van der Waals surface area contributed by atoms with Gasteiger partial charge in [-0.1, -0.05) is 30.3 Å². The smallest absolute Gasteiger partial charge is 0.337 e. The van der Waals surface area contributed by atoms with Crippen LogP contribution in [0.4, 0.5) is 10.5 Å². The van der Waals surface area contributed by atoms with Gasteiger partial charge in [-0.15, -0.1) is 0 Å². The maximum atomic E-state index is 13.3. The Morgan fingerprint density at radius 1 is 1.09 bits per heavy atom. The first-order chi connectivity index (χ1) is 16.0. The third-order valence-electron chi connectivity index (χ3n) is 5.92. The lowest BCUT2D eigenvalue weighted by molar-refractivity contribution is -0.138. The minimum Gasteiger partial charge on any atom is -0.465 e. The molecular formula is C24H26N4O5. The summed E-state index contributed by atoms with van der Waals surface area (Å²) in [5.41, 5.74) is 1.70. The number of hydrogen-bond acceptors (Lipinski definition) is 6. The highest BCUT2D eigenvalue weighted by Crippen LogP contribution is 2.26. The van der Waals surface area contributed by atoms with Crippen LogP contribution < -0.4 is 10.6 Å². The lowest BCUT2D eigenvalue weighted by Gasteiger charge is -2.46. The number of nitrogens with one attached hydrogen (secondary N) is 2. The van der Waals surface area contributed by atoms with Crippen molar-refractivity contribution in [1.82, 2.24) is 15.1 Å². The van der Waals surface area contributed by atoms with Gasteiger partial charge in [0.1, 0.15) is 12.6 Å². The molecule has 4 rings (SSSR count). The van der Waals surface area contributed by atoms with E-state index in [1.165, 1.54) is 16.9 Å². The zero-order valence-electron chi connectivity index (χ0n) is 18.3.